The van der Waals surface area contributed by atoms with Crippen LogP contribution in [0, 0.1) is 0 Å². The van der Waals surface area contributed by atoms with Crippen molar-refractivity contribution in [1.82, 2.24) is 15.3 Å². The summed E-state index contributed by atoms with van der Waals surface area (Å²) in [5.74, 6) is 0. The fourth-order valence-electron chi connectivity index (χ4n) is 3.24. The molecule has 0 radical (unpaired) electrons. The molecule has 1 aliphatic rings. The maximum absolute atomic E-state index is 3.60. The minimum absolute atomic E-state index is 1.08. The molecule has 128 valence electrons. The van der Waals surface area contributed by atoms with Crippen LogP contribution in [0.5, 0.6) is 0 Å². The van der Waals surface area contributed by atoms with E-state index in [1.807, 2.05) is 0 Å². The highest BCUT2D eigenvalue weighted by atomic mass is 15.5. The van der Waals surface area contributed by atoms with E-state index < -0.39 is 0 Å². The van der Waals surface area contributed by atoms with Crippen LogP contribution in [0.3, 0.4) is 0 Å². The van der Waals surface area contributed by atoms with E-state index in [9.17, 15) is 0 Å². The van der Waals surface area contributed by atoms with Crippen molar-refractivity contribution in [3.8, 4) is 0 Å². The van der Waals surface area contributed by atoms with Gasteiger partial charge in [0.05, 0.1) is 0 Å². The van der Waals surface area contributed by atoms with Gasteiger partial charge in [0.25, 0.3) is 0 Å². The molecule has 0 amide bonds. The molecule has 3 heteroatoms. The molecule has 1 heterocycles. The minimum Gasteiger partial charge on any atom is -0.296 e. The van der Waals surface area contributed by atoms with E-state index in [-0.39, 0.29) is 0 Å². The van der Waals surface area contributed by atoms with E-state index in [4.69, 9.17) is 0 Å². The SMILES string of the molecule is c1ccc(CCCCNN2CCN(Cc3ccccc3)CC2)cc1. The first kappa shape index (κ1) is 17.2. The predicted octanol–water partition coefficient (Wildman–Crippen LogP) is 3.33. The zero-order valence-corrected chi connectivity index (χ0v) is 14.5. The monoisotopic (exact) mass is 323 g/mol. The standard InChI is InChI=1S/C21H29N3/c1-3-9-20(10-4-1)11-7-8-14-22-24-17-15-23(16-18-24)19-21-12-5-2-6-13-21/h1-6,9-10,12-13,22H,7-8,11,14-19H2. The van der Waals surface area contributed by atoms with E-state index in [2.05, 4.69) is 76.0 Å². The van der Waals surface area contributed by atoms with Crippen molar-refractivity contribution in [3.05, 3.63) is 71.8 Å². The van der Waals surface area contributed by atoms with E-state index in [0.29, 0.717) is 0 Å². The highest BCUT2D eigenvalue weighted by Gasteiger charge is 2.16. The number of nitrogens with one attached hydrogen (secondary N) is 1. The Bertz CT molecular complexity index is 562. The number of hydrogen-bond donors (Lipinski definition) is 1. The summed E-state index contributed by atoms with van der Waals surface area (Å²) in [6.07, 6.45) is 3.68. The fourth-order valence-corrected chi connectivity index (χ4v) is 3.24. The second-order valence-corrected chi connectivity index (χ2v) is 6.60. The van der Waals surface area contributed by atoms with Gasteiger partial charge in [-0.25, -0.2) is 5.01 Å². The first-order chi connectivity index (χ1) is 11.9. The lowest BCUT2D eigenvalue weighted by molar-refractivity contribution is 0.0852. The highest BCUT2D eigenvalue weighted by Crippen LogP contribution is 2.08. The van der Waals surface area contributed by atoms with Crippen LogP contribution in [-0.4, -0.2) is 42.6 Å². The number of hydrazine groups is 1. The quantitative estimate of drug-likeness (QED) is 0.752. The lowest BCUT2D eigenvalue weighted by atomic mass is 10.1. The van der Waals surface area contributed by atoms with Gasteiger partial charge in [-0.1, -0.05) is 60.7 Å². The summed E-state index contributed by atoms with van der Waals surface area (Å²) in [5, 5.41) is 2.39. The fraction of sp³-hybridized carbons (Fsp3) is 0.429. The summed E-state index contributed by atoms with van der Waals surface area (Å²) in [6.45, 7) is 6.69. The molecule has 0 bridgehead atoms. The zero-order valence-electron chi connectivity index (χ0n) is 14.5. The lowest BCUT2D eigenvalue weighted by Gasteiger charge is -2.35. The van der Waals surface area contributed by atoms with Crippen LogP contribution in [-0.2, 0) is 13.0 Å². The Labute approximate surface area is 146 Å². The van der Waals surface area contributed by atoms with Crippen molar-refractivity contribution in [1.29, 1.82) is 0 Å². The van der Waals surface area contributed by atoms with Gasteiger partial charge in [0.1, 0.15) is 0 Å². The average Bonchev–Trinajstić information content (AvgIpc) is 2.65. The molecule has 0 spiro atoms. The Balaban J connectivity index is 1.26. The van der Waals surface area contributed by atoms with Gasteiger partial charge in [0.2, 0.25) is 0 Å². The molecule has 1 fully saturated rings. The number of unbranched alkanes of at least 4 members (excludes halogenated alkanes) is 1. The molecule has 0 unspecified atom stereocenters. The second kappa shape index (κ2) is 9.58. The van der Waals surface area contributed by atoms with E-state index >= 15 is 0 Å². The summed E-state index contributed by atoms with van der Waals surface area (Å²) in [4.78, 5) is 2.54. The number of piperazine rings is 1. The summed E-state index contributed by atoms with van der Waals surface area (Å²) in [5.41, 5.74) is 6.47. The van der Waals surface area contributed by atoms with Crippen LogP contribution in [0.1, 0.15) is 24.0 Å². The van der Waals surface area contributed by atoms with Crippen LogP contribution in [0.4, 0.5) is 0 Å². The van der Waals surface area contributed by atoms with Gasteiger partial charge in [-0.05, 0) is 30.4 Å². The summed E-state index contributed by atoms with van der Waals surface area (Å²) in [6, 6.07) is 21.6. The normalized spacial score (nSPS) is 16.3. The minimum atomic E-state index is 1.08. The Hall–Kier alpha value is -1.68. The average molecular weight is 323 g/mol. The van der Waals surface area contributed by atoms with Crippen LogP contribution in [0.2, 0.25) is 0 Å². The third-order valence-corrected chi connectivity index (χ3v) is 4.69. The smallest absolute Gasteiger partial charge is 0.0259 e. The number of hydrogen-bond acceptors (Lipinski definition) is 3. The van der Waals surface area contributed by atoms with Crippen LogP contribution in [0.25, 0.3) is 0 Å². The molecule has 1 N–H and O–H groups in total. The molecular weight excluding hydrogens is 294 g/mol. The third-order valence-electron chi connectivity index (χ3n) is 4.69. The molecular formula is C21H29N3. The molecule has 1 saturated heterocycles. The Kier molecular flexibility index (Phi) is 6.84. The third kappa shape index (κ3) is 5.75. The molecule has 2 aromatic carbocycles. The second-order valence-electron chi connectivity index (χ2n) is 6.60. The van der Waals surface area contributed by atoms with Gasteiger partial charge in [-0.2, -0.15) is 0 Å². The molecule has 0 saturated carbocycles. The van der Waals surface area contributed by atoms with Gasteiger partial charge < -0.3 is 0 Å². The van der Waals surface area contributed by atoms with Crippen molar-refractivity contribution in [2.24, 2.45) is 0 Å². The first-order valence-electron chi connectivity index (χ1n) is 9.19. The van der Waals surface area contributed by atoms with Crippen molar-refractivity contribution >= 4 is 0 Å². The van der Waals surface area contributed by atoms with E-state index in [0.717, 1.165) is 39.3 Å². The molecule has 0 aliphatic carbocycles. The molecule has 0 aromatic heterocycles. The maximum atomic E-state index is 3.60. The number of aryl methyl sites for hydroxylation is 1. The largest absolute Gasteiger partial charge is 0.296 e. The predicted molar refractivity (Wildman–Crippen MR) is 101 cm³/mol. The van der Waals surface area contributed by atoms with Gasteiger partial charge in [-0.3, -0.25) is 10.3 Å². The zero-order chi connectivity index (χ0) is 16.5. The van der Waals surface area contributed by atoms with Crippen molar-refractivity contribution in [3.63, 3.8) is 0 Å². The Morgan fingerprint density at radius 1 is 0.708 bits per heavy atom. The van der Waals surface area contributed by atoms with Gasteiger partial charge >= 0.3 is 0 Å². The van der Waals surface area contributed by atoms with E-state index in [1.165, 1.54) is 30.4 Å². The molecule has 2 aromatic rings. The highest BCUT2D eigenvalue weighted by molar-refractivity contribution is 5.15. The molecule has 0 atom stereocenters. The van der Waals surface area contributed by atoms with Gasteiger partial charge in [0.15, 0.2) is 0 Å². The van der Waals surface area contributed by atoms with Crippen LogP contribution in [0.15, 0.2) is 60.7 Å². The summed E-state index contributed by atoms with van der Waals surface area (Å²) in [7, 11) is 0. The number of rotatable bonds is 8. The van der Waals surface area contributed by atoms with E-state index in [1.54, 1.807) is 0 Å². The summed E-state index contributed by atoms with van der Waals surface area (Å²) < 4.78 is 0. The Morgan fingerprint density at radius 2 is 1.33 bits per heavy atom. The van der Waals surface area contributed by atoms with Crippen molar-refractivity contribution < 1.29 is 0 Å². The molecule has 24 heavy (non-hydrogen) atoms. The van der Waals surface area contributed by atoms with Crippen LogP contribution < -0.4 is 5.43 Å². The first-order valence-corrected chi connectivity index (χ1v) is 9.19. The number of nitrogens with zero attached hydrogens (tertiary/aromatic N) is 2. The topological polar surface area (TPSA) is 18.5 Å². The van der Waals surface area contributed by atoms with Crippen LogP contribution >= 0.6 is 0 Å². The molecule has 3 nitrogen and oxygen atoms in total. The lowest BCUT2D eigenvalue weighted by Crippen LogP contribution is -2.51. The molecule has 1 aliphatic heterocycles. The van der Waals surface area contributed by atoms with Gasteiger partial charge in [0, 0.05) is 39.3 Å². The van der Waals surface area contributed by atoms with Crippen molar-refractivity contribution in [2.75, 3.05) is 32.7 Å². The number of benzene rings is 2. The Morgan fingerprint density at radius 3 is 2.00 bits per heavy atom. The van der Waals surface area contributed by atoms with Crippen molar-refractivity contribution in [2.45, 2.75) is 25.8 Å². The van der Waals surface area contributed by atoms with Gasteiger partial charge in [-0.15, -0.1) is 0 Å². The maximum Gasteiger partial charge on any atom is 0.0259 e. The molecule has 3 rings (SSSR count). The summed E-state index contributed by atoms with van der Waals surface area (Å²) >= 11 is 0.